The number of aryl methyl sites for hydroxylation is 1. The molecule has 2 aromatic carbocycles. The Morgan fingerprint density at radius 2 is 1.85 bits per heavy atom. The zero-order chi connectivity index (χ0) is 23.5. The fourth-order valence-electron chi connectivity index (χ4n) is 4.12. The second-order valence-electron chi connectivity index (χ2n) is 8.38. The highest BCUT2D eigenvalue weighted by Gasteiger charge is 2.23. The molecular weight excluding hydrogens is 423 g/mol. The van der Waals surface area contributed by atoms with E-state index in [0.29, 0.717) is 44.0 Å². The number of carbonyl (C=O) groups excluding carboxylic acids is 2. The quantitative estimate of drug-likeness (QED) is 0.645. The van der Waals surface area contributed by atoms with Gasteiger partial charge in [-0.05, 0) is 43.3 Å². The molecule has 0 spiro atoms. The second kappa shape index (κ2) is 9.58. The summed E-state index contributed by atoms with van der Waals surface area (Å²) in [5.74, 6) is 0.520. The number of imidazole rings is 1. The van der Waals surface area contributed by atoms with Crippen molar-refractivity contribution in [3.05, 3.63) is 59.7 Å². The lowest BCUT2D eigenvalue weighted by Crippen LogP contribution is -2.49. The van der Waals surface area contributed by atoms with Gasteiger partial charge in [-0.1, -0.05) is 6.07 Å². The summed E-state index contributed by atoms with van der Waals surface area (Å²) in [6, 6.07) is 11.3. The van der Waals surface area contributed by atoms with Crippen molar-refractivity contribution in [2.45, 2.75) is 20.0 Å². The summed E-state index contributed by atoms with van der Waals surface area (Å²) in [5, 5.41) is 2.76. The van der Waals surface area contributed by atoms with Crippen LogP contribution in [0.3, 0.4) is 0 Å². The van der Waals surface area contributed by atoms with Crippen LogP contribution in [-0.2, 0) is 13.1 Å². The van der Waals surface area contributed by atoms with Crippen LogP contribution in [0.25, 0.3) is 11.0 Å². The van der Waals surface area contributed by atoms with Gasteiger partial charge in [0.15, 0.2) is 0 Å². The third-order valence-electron chi connectivity index (χ3n) is 5.90. The summed E-state index contributed by atoms with van der Waals surface area (Å²) in [5.41, 5.74) is 2.90. The lowest BCUT2D eigenvalue weighted by Gasteiger charge is -2.34. The van der Waals surface area contributed by atoms with Crippen molar-refractivity contribution in [1.29, 1.82) is 0 Å². The molecule has 1 aliphatic rings. The number of benzene rings is 2. The van der Waals surface area contributed by atoms with Gasteiger partial charge in [0.1, 0.15) is 11.6 Å². The van der Waals surface area contributed by atoms with E-state index in [-0.39, 0.29) is 17.8 Å². The van der Waals surface area contributed by atoms with E-state index in [1.165, 1.54) is 12.1 Å². The topological polar surface area (TPSA) is 73.7 Å². The Morgan fingerprint density at radius 3 is 2.52 bits per heavy atom. The number of urea groups is 1. The molecule has 0 radical (unpaired) electrons. The first kappa shape index (κ1) is 22.7. The van der Waals surface area contributed by atoms with E-state index >= 15 is 0 Å². The molecule has 0 saturated carbocycles. The number of fused-ring (bicyclic) bond motifs is 1. The van der Waals surface area contributed by atoms with E-state index in [2.05, 4.69) is 21.7 Å². The Labute approximate surface area is 192 Å². The molecule has 2 heterocycles. The standard InChI is InChI=1S/C24H29FN6O2/c1-4-31-21-9-8-17(23(32)28(2)3)14-20(21)27-22(31)16-29-10-12-30(13-11-29)24(33)26-19-7-5-6-18(25)15-19/h5-9,14-15H,4,10-13,16H2,1-3H3,(H,26,33). The molecule has 8 nitrogen and oxygen atoms in total. The van der Waals surface area contributed by atoms with Gasteiger partial charge in [0, 0.05) is 58.1 Å². The molecule has 0 bridgehead atoms. The first-order valence-corrected chi connectivity index (χ1v) is 11.1. The highest BCUT2D eigenvalue weighted by molar-refractivity contribution is 5.97. The summed E-state index contributed by atoms with van der Waals surface area (Å²) in [6.07, 6.45) is 0. The predicted molar refractivity (Wildman–Crippen MR) is 126 cm³/mol. The molecule has 3 aromatic rings. The SMILES string of the molecule is CCn1c(CN2CCN(C(=O)Nc3cccc(F)c3)CC2)nc2cc(C(=O)N(C)C)ccc21. The second-order valence-corrected chi connectivity index (χ2v) is 8.38. The summed E-state index contributed by atoms with van der Waals surface area (Å²) >= 11 is 0. The molecule has 4 rings (SSSR count). The number of carbonyl (C=O) groups is 2. The van der Waals surface area contributed by atoms with Gasteiger partial charge in [-0.3, -0.25) is 9.69 Å². The Bertz CT molecular complexity index is 1170. The monoisotopic (exact) mass is 452 g/mol. The number of halogens is 1. The lowest BCUT2D eigenvalue weighted by atomic mass is 10.2. The van der Waals surface area contributed by atoms with Crippen LogP contribution in [-0.4, -0.2) is 76.5 Å². The summed E-state index contributed by atoms with van der Waals surface area (Å²) in [6.45, 7) is 6.12. The summed E-state index contributed by atoms with van der Waals surface area (Å²) in [7, 11) is 3.47. The van der Waals surface area contributed by atoms with E-state index in [9.17, 15) is 14.0 Å². The zero-order valence-electron chi connectivity index (χ0n) is 19.2. The van der Waals surface area contributed by atoms with Crippen molar-refractivity contribution in [3.63, 3.8) is 0 Å². The third kappa shape index (κ3) is 4.98. The largest absolute Gasteiger partial charge is 0.345 e. The maximum Gasteiger partial charge on any atom is 0.321 e. The molecule has 3 amide bonds. The summed E-state index contributed by atoms with van der Waals surface area (Å²) in [4.78, 5) is 35.2. The van der Waals surface area contributed by atoms with Crippen LogP contribution in [0.4, 0.5) is 14.9 Å². The van der Waals surface area contributed by atoms with Gasteiger partial charge < -0.3 is 19.7 Å². The van der Waals surface area contributed by atoms with Crippen LogP contribution >= 0.6 is 0 Å². The predicted octanol–water partition coefficient (Wildman–Crippen LogP) is 3.25. The number of nitrogens with zero attached hydrogens (tertiary/aromatic N) is 5. The molecule has 0 unspecified atom stereocenters. The van der Waals surface area contributed by atoms with Crippen LogP contribution in [0, 0.1) is 5.82 Å². The molecule has 1 fully saturated rings. The van der Waals surface area contributed by atoms with Crippen LogP contribution < -0.4 is 5.32 Å². The molecule has 0 atom stereocenters. The number of piperazine rings is 1. The van der Waals surface area contributed by atoms with E-state index in [1.54, 1.807) is 36.0 Å². The molecule has 1 aliphatic heterocycles. The van der Waals surface area contributed by atoms with E-state index in [0.717, 1.165) is 23.4 Å². The normalized spacial score (nSPS) is 14.5. The minimum atomic E-state index is -0.380. The molecule has 1 N–H and O–H groups in total. The van der Waals surface area contributed by atoms with Crippen LogP contribution in [0.5, 0.6) is 0 Å². The molecule has 174 valence electrons. The van der Waals surface area contributed by atoms with E-state index in [1.807, 2.05) is 18.2 Å². The maximum atomic E-state index is 13.4. The Kier molecular flexibility index (Phi) is 6.60. The van der Waals surface area contributed by atoms with Gasteiger partial charge in [-0.2, -0.15) is 0 Å². The van der Waals surface area contributed by atoms with E-state index < -0.39 is 0 Å². The van der Waals surface area contributed by atoms with Crippen molar-refractivity contribution >= 4 is 28.7 Å². The Morgan fingerprint density at radius 1 is 1.09 bits per heavy atom. The van der Waals surface area contributed by atoms with E-state index in [4.69, 9.17) is 4.98 Å². The smallest absolute Gasteiger partial charge is 0.321 e. The Balaban J connectivity index is 1.41. The van der Waals surface area contributed by atoms with Gasteiger partial charge in [-0.25, -0.2) is 14.2 Å². The number of aromatic nitrogens is 2. The minimum Gasteiger partial charge on any atom is -0.345 e. The number of rotatable bonds is 5. The maximum absolute atomic E-state index is 13.4. The first-order valence-electron chi connectivity index (χ1n) is 11.1. The molecular formula is C24H29FN6O2. The number of nitrogens with one attached hydrogen (secondary N) is 1. The number of hydrogen-bond acceptors (Lipinski definition) is 4. The van der Waals surface area contributed by atoms with Crippen molar-refractivity contribution in [2.24, 2.45) is 0 Å². The Hall–Kier alpha value is -3.46. The van der Waals surface area contributed by atoms with Crippen molar-refractivity contribution in [1.82, 2.24) is 24.3 Å². The van der Waals surface area contributed by atoms with Crippen LogP contribution in [0.15, 0.2) is 42.5 Å². The number of amides is 3. The molecule has 1 saturated heterocycles. The fraction of sp³-hybridized carbons (Fsp3) is 0.375. The van der Waals surface area contributed by atoms with Gasteiger partial charge in [-0.15, -0.1) is 0 Å². The van der Waals surface area contributed by atoms with Crippen molar-refractivity contribution in [2.75, 3.05) is 45.6 Å². The molecule has 0 aliphatic carbocycles. The van der Waals surface area contributed by atoms with Crippen molar-refractivity contribution < 1.29 is 14.0 Å². The highest BCUT2D eigenvalue weighted by Crippen LogP contribution is 2.21. The molecule has 9 heteroatoms. The van der Waals surface area contributed by atoms with Crippen molar-refractivity contribution in [3.8, 4) is 0 Å². The number of hydrogen-bond donors (Lipinski definition) is 1. The fourth-order valence-corrected chi connectivity index (χ4v) is 4.12. The van der Waals surface area contributed by atoms with Gasteiger partial charge >= 0.3 is 6.03 Å². The molecule has 1 aromatic heterocycles. The summed E-state index contributed by atoms with van der Waals surface area (Å²) < 4.78 is 15.5. The first-order chi connectivity index (χ1) is 15.9. The van der Waals surface area contributed by atoms with Gasteiger partial charge in [0.2, 0.25) is 0 Å². The highest BCUT2D eigenvalue weighted by atomic mass is 19.1. The minimum absolute atomic E-state index is 0.0443. The van der Waals surface area contributed by atoms with Gasteiger partial charge in [0.25, 0.3) is 5.91 Å². The third-order valence-corrected chi connectivity index (χ3v) is 5.90. The van der Waals surface area contributed by atoms with Crippen LogP contribution in [0.2, 0.25) is 0 Å². The zero-order valence-corrected chi connectivity index (χ0v) is 19.2. The average Bonchev–Trinajstić information content (AvgIpc) is 3.14. The van der Waals surface area contributed by atoms with Gasteiger partial charge in [0.05, 0.1) is 17.6 Å². The van der Waals surface area contributed by atoms with Crippen LogP contribution in [0.1, 0.15) is 23.1 Å². The lowest BCUT2D eigenvalue weighted by molar-refractivity contribution is 0.0827. The number of anilines is 1. The molecule has 33 heavy (non-hydrogen) atoms. The average molecular weight is 453 g/mol.